The number of carbonyl (C=O) groups excluding carboxylic acids is 1. The fourth-order valence-electron chi connectivity index (χ4n) is 2.54. The molecule has 0 aliphatic carbocycles. The minimum Gasteiger partial charge on any atom is -0.465 e. The van der Waals surface area contributed by atoms with Crippen molar-refractivity contribution in [3.63, 3.8) is 0 Å². The third kappa shape index (κ3) is 4.58. The predicted molar refractivity (Wildman–Crippen MR) is 97.1 cm³/mol. The molecule has 2 N–H and O–H groups in total. The lowest BCUT2D eigenvalue weighted by atomic mass is 10.1. The van der Waals surface area contributed by atoms with Gasteiger partial charge in [0.05, 0.1) is 23.3 Å². The number of benzene rings is 2. The summed E-state index contributed by atoms with van der Waals surface area (Å²) in [6, 6.07) is 12.4. The van der Waals surface area contributed by atoms with E-state index in [1.54, 1.807) is 6.07 Å². The van der Waals surface area contributed by atoms with Crippen LogP contribution in [-0.2, 0) is 27.7 Å². The molecule has 7 heteroatoms. The Bertz CT molecular complexity index is 861. The van der Waals surface area contributed by atoms with Crippen molar-refractivity contribution in [1.82, 2.24) is 0 Å². The SMILES string of the molecule is CCc1ccc(CN(C)c2ccc(S(N)(=O)=O)cc2C(=O)OC)cc1. The van der Waals surface area contributed by atoms with Crippen LogP contribution >= 0.6 is 0 Å². The number of esters is 1. The number of nitrogens with zero attached hydrogens (tertiary/aromatic N) is 1. The molecule has 2 aromatic rings. The Morgan fingerprint density at radius 1 is 1.12 bits per heavy atom. The highest BCUT2D eigenvalue weighted by molar-refractivity contribution is 7.89. The van der Waals surface area contributed by atoms with Gasteiger partial charge in [0.2, 0.25) is 10.0 Å². The second kappa shape index (κ2) is 7.67. The van der Waals surface area contributed by atoms with Crippen LogP contribution in [0.15, 0.2) is 47.4 Å². The normalized spacial score (nSPS) is 11.2. The summed E-state index contributed by atoms with van der Waals surface area (Å²) in [5.41, 5.74) is 3.05. The zero-order valence-corrected chi connectivity index (χ0v) is 15.3. The summed E-state index contributed by atoms with van der Waals surface area (Å²) in [7, 11) is -0.828. The Morgan fingerprint density at radius 3 is 2.24 bits per heavy atom. The first-order valence-electron chi connectivity index (χ1n) is 7.80. The van der Waals surface area contributed by atoms with Gasteiger partial charge in [0.15, 0.2) is 0 Å². The highest BCUT2D eigenvalue weighted by atomic mass is 32.2. The monoisotopic (exact) mass is 362 g/mol. The zero-order chi connectivity index (χ0) is 18.6. The van der Waals surface area contributed by atoms with Crippen LogP contribution in [0.5, 0.6) is 0 Å². The van der Waals surface area contributed by atoms with Crippen LogP contribution in [0.1, 0.15) is 28.4 Å². The van der Waals surface area contributed by atoms with E-state index < -0.39 is 16.0 Å². The lowest BCUT2D eigenvalue weighted by Crippen LogP contribution is -2.21. The smallest absolute Gasteiger partial charge is 0.340 e. The van der Waals surface area contributed by atoms with Gasteiger partial charge in [-0.25, -0.2) is 18.4 Å². The Kier molecular flexibility index (Phi) is 5.81. The molecule has 2 aromatic carbocycles. The standard InChI is InChI=1S/C18H22N2O4S/c1-4-13-5-7-14(8-6-13)12-20(2)17-10-9-15(25(19,22)23)11-16(17)18(21)24-3/h5-11H,4,12H2,1-3H3,(H2,19,22,23). The molecule has 0 bridgehead atoms. The van der Waals surface area contributed by atoms with Crippen molar-refractivity contribution < 1.29 is 17.9 Å². The van der Waals surface area contributed by atoms with Crippen molar-refractivity contribution >= 4 is 21.7 Å². The number of hydrogen-bond acceptors (Lipinski definition) is 5. The quantitative estimate of drug-likeness (QED) is 0.797. The third-order valence-electron chi connectivity index (χ3n) is 3.96. The summed E-state index contributed by atoms with van der Waals surface area (Å²) in [4.78, 5) is 13.8. The summed E-state index contributed by atoms with van der Waals surface area (Å²) in [5, 5.41) is 5.15. The average Bonchev–Trinajstić information content (AvgIpc) is 2.60. The van der Waals surface area contributed by atoms with Gasteiger partial charge in [-0.2, -0.15) is 0 Å². The largest absolute Gasteiger partial charge is 0.465 e. The van der Waals surface area contributed by atoms with Gasteiger partial charge in [-0.15, -0.1) is 0 Å². The molecule has 0 saturated heterocycles. The lowest BCUT2D eigenvalue weighted by molar-refractivity contribution is 0.0601. The van der Waals surface area contributed by atoms with E-state index in [0.717, 1.165) is 12.0 Å². The minimum atomic E-state index is -3.90. The summed E-state index contributed by atoms with van der Waals surface area (Å²) in [6.45, 7) is 2.65. The second-order valence-corrected chi connectivity index (χ2v) is 7.30. The first kappa shape index (κ1) is 19.0. The maximum Gasteiger partial charge on any atom is 0.340 e. The van der Waals surface area contributed by atoms with E-state index in [9.17, 15) is 13.2 Å². The van der Waals surface area contributed by atoms with Crippen LogP contribution in [0.3, 0.4) is 0 Å². The average molecular weight is 362 g/mol. The molecule has 0 aliphatic heterocycles. The molecule has 0 radical (unpaired) electrons. The summed E-state index contributed by atoms with van der Waals surface area (Å²) >= 11 is 0. The van der Waals surface area contributed by atoms with Crippen LogP contribution in [0.4, 0.5) is 5.69 Å². The van der Waals surface area contributed by atoms with E-state index >= 15 is 0 Å². The minimum absolute atomic E-state index is 0.127. The Labute approximate surface area is 148 Å². The summed E-state index contributed by atoms with van der Waals surface area (Å²) in [5.74, 6) is -0.617. The fraction of sp³-hybridized carbons (Fsp3) is 0.278. The number of ether oxygens (including phenoxy) is 1. The number of sulfonamides is 1. The number of primary sulfonamides is 1. The highest BCUT2D eigenvalue weighted by Gasteiger charge is 2.19. The van der Waals surface area contributed by atoms with Crippen LogP contribution < -0.4 is 10.0 Å². The van der Waals surface area contributed by atoms with Gasteiger partial charge in [-0.1, -0.05) is 31.2 Å². The van der Waals surface area contributed by atoms with Gasteiger partial charge in [-0.05, 0) is 35.7 Å². The van der Waals surface area contributed by atoms with Crippen molar-refractivity contribution in [2.75, 3.05) is 19.1 Å². The van der Waals surface area contributed by atoms with Crippen molar-refractivity contribution in [3.8, 4) is 0 Å². The van der Waals surface area contributed by atoms with Crippen molar-refractivity contribution in [1.29, 1.82) is 0 Å². The first-order chi connectivity index (χ1) is 11.8. The third-order valence-corrected chi connectivity index (χ3v) is 4.88. The molecule has 0 heterocycles. The molecule has 0 unspecified atom stereocenters. The molecule has 25 heavy (non-hydrogen) atoms. The van der Waals surface area contributed by atoms with Crippen LogP contribution in [0, 0.1) is 0 Å². The van der Waals surface area contributed by atoms with Crippen molar-refractivity contribution in [2.24, 2.45) is 5.14 Å². The fourth-order valence-corrected chi connectivity index (χ4v) is 3.08. The van der Waals surface area contributed by atoms with Gasteiger partial charge in [0.1, 0.15) is 0 Å². The predicted octanol–water partition coefficient (Wildman–Crippen LogP) is 2.32. The Balaban J connectivity index is 2.36. The molecule has 0 fully saturated rings. The Hall–Kier alpha value is -2.38. The van der Waals surface area contributed by atoms with Crippen LogP contribution in [-0.4, -0.2) is 28.5 Å². The van der Waals surface area contributed by atoms with Gasteiger partial charge < -0.3 is 9.64 Å². The van der Waals surface area contributed by atoms with Gasteiger partial charge in [0, 0.05) is 13.6 Å². The van der Waals surface area contributed by atoms with E-state index in [1.807, 2.05) is 24.1 Å². The number of aryl methyl sites for hydroxylation is 1. The molecule has 0 spiro atoms. The van der Waals surface area contributed by atoms with E-state index in [-0.39, 0.29) is 10.5 Å². The van der Waals surface area contributed by atoms with Gasteiger partial charge in [-0.3, -0.25) is 0 Å². The number of nitrogens with two attached hydrogens (primary N) is 1. The van der Waals surface area contributed by atoms with Crippen molar-refractivity contribution in [2.45, 2.75) is 24.8 Å². The number of rotatable bonds is 6. The van der Waals surface area contributed by atoms with Gasteiger partial charge in [0.25, 0.3) is 0 Å². The van der Waals surface area contributed by atoms with Crippen molar-refractivity contribution in [3.05, 3.63) is 59.2 Å². The van der Waals surface area contributed by atoms with Crippen LogP contribution in [0.2, 0.25) is 0 Å². The first-order valence-corrected chi connectivity index (χ1v) is 9.35. The molecule has 0 aromatic heterocycles. The number of hydrogen-bond donors (Lipinski definition) is 1. The second-order valence-electron chi connectivity index (χ2n) is 5.74. The maximum absolute atomic E-state index is 12.1. The molecular weight excluding hydrogens is 340 g/mol. The zero-order valence-electron chi connectivity index (χ0n) is 14.5. The van der Waals surface area contributed by atoms with Crippen LogP contribution in [0.25, 0.3) is 0 Å². The molecule has 0 saturated carbocycles. The molecule has 0 amide bonds. The van der Waals surface area contributed by atoms with Gasteiger partial charge >= 0.3 is 5.97 Å². The summed E-state index contributed by atoms with van der Waals surface area (Å²) in [6.07, 6.45) is 0.970. The summed E-state index contributed by atoms with van der Waals surface area (Å²) < 4.78 is 27.9. The Morgan fingerprint density at radius 2 is 1.72 bits per heavy atom. The molecule has 134 valence electrons. The molecule has 0 aliphatic rings. The topological polar surface area (TPSA) is 89.7 Å². The van der Waals surface area contributed by atoms with E-state index in [1.165, 1.54) is 24.8 Å². The van der Waals surface area contributed by atoms with E-state index in [2.05, 4.69) is 19.1 Å². The molecule has 2 rings (SSSR count). The lowest BCUT2D eigenvalue weighted by Gasteiger charge is -2.22. The van der Waals surface area contributed by atoms with E-state index in [0.29, 0.717) is 12.2 Å². The highest BCUT2D eigenvalue weighted by Crippen LogP contribution is 2.25. The molecular formula is C18H22N2O4S. The molecule has 0 atom stereocenters. The number of carbonyl (C=O) groups is 1. The number of anilines is 1. The number of methoxy groups -OCH3 is 1. The maximum atomic E-state index is 12.1. The van der Waals surface area contributed by atoms with E-state index in [4.69, 9.17) is 9.88 Å². The molecule has 6 nitrogen and oxygen atoms in total.